The van der Waals surface area contributed by atoms with Crippen LogP contribution in [-0.2, 0) is 34.3 Å². The van der Waals surface area contributed by atoms with Crippen LogP contribution in [0.25, 0.3) is 11.0 Å². The van der Waals surface area contributed by atoms with Gasteiger partial charge in [-0.1, -0.05) is 36.4 Å². The van der Waals surface area contributed by atoms with Crippen LogP contribution in [0, 0.1) is 13.8 Å². The quantitative estimate of drug-likeness (QED) is 0.204. The molecule has 12 nitrogen and oxygen atoms in total. The van der Waals surface area contributed by atoms with E-state index in [9.17, 15) is 13.2 Å². The van der Waals surface area contributed by atoms with Crippen molar-refractivity contribution in [1.29, 1.82) is 0 Å². The van der Waals surface area contributed by atoms with Gasteiger partial charge in [-0.15, -0.1) is 5.10 Å². The normalized spacial score (nSPS) is 16.6. The predicted octanol–water partition coefficient (Wildman–Crippen LogP) is 4.99. The molecule has 250 valence electrons. The molecular formula is C35H40N8O4S. The fourth-order valence-electron chi connectivity index (χ4n) is 6.25. The van der Waals surface area contributed by atoms with Gasteiger partial charge in [-0.25, -0.2) is 28.1 Å². The number of sulfonamides is 1. The molecule has 0 aliphatic carbocycles. The molecule has 1 N–H and O–H groups in total. The number of carbonyl (C=O) groups excluding carboxylic acids is 1. The van der Waals surface area contributed by atoms with Gasteiger partial charge in [-0.05, 0) is 78.8 Å². The second-order valence-corrected chi connectivity index (χ2v) is 14.0. The summed E-state index contributed by atoms with van der Waals surface area (Å²) >= 11 is 0. The van der Waals surface area contributed by atoms with Crippen molar-refractivity contribution in [3.63, 3.8) is 0 Å². The number of hydrogen-bond acceptors (Lipinski definition) is 10. The predicted molar refractivity (Wildman–Crippen MR) is 182 cm³/mol. The van der Waals surface area contributed by atoms with E-state index in [2.05, 4.69) is 36.6 Å². The number of fused-ring (bicyclic) bond motifs is 2. The number of Topliss-reactive ketones (excluding diaryl/α,β-unsaturated/α-hetero) is 1. The van der Waals surface area contributed by atoms with Crippen molar-refractivity contribution >= 4 is 32.8 Å². The van der Waals surface area contributed by atoms with Crippen LogP contribution in [0.3, 0.4) is 0 Å². The molecule has 2 atom stereocenters. The zero-order valence-electron chi connectivity index (χ0n) is 27.8. The molecule has 0 saturated heterocycles. The summed E-state index contributed by atoms with van der Waals surface area (Å²) in [6.45, 7) is 9.01. The molecule has 1 aliphatic rings. The first kappa shape index (κ1) is 33.2. The third-order valence-electron chi connectivity index (χ3n) is 9.04. The smallest absolute Gasteiger partial charge is 0.248 e. The van der Waals surface area contributed by atoms with Gasteiger partial charge in [0.1, 0.15) is 22.3 Å². The average molecular weight is 669 g/mol. The number of nitrogens with zero attached hydrogens (tertiary/aromatic N) is 7. The molecule has 6 rings (SSSR count). The maximum atomic E-state index is 13.9. The van der Waals surface area contributed by atoms with E-state index in [1.165, 1.54) is 4.31 Å². The van der Waals surface area contributed by atoms with Gasteiger partial charge in [0.05, 0.1) is 12.1 Å². The summed E-state index contributed by atoms with van der Waals surface area (Å²) in [7, 11) is -2.15. The maximum absolute atomic E-state index is 13.9. The molecule has 13 heteroatoms. The highest BCUT2D eigenvalue weighted by Crippen LogP contribution is 2.36. The molecule has 1 aliphatic heterocycles. The van der Waals surface area contributed by atoms with Crippen molar-refractivity contribution in [3.05, 3.63) is 94.4 Å². The topological polar surface area (TPSA) is 145 Å². The summed E-state index contributed by atoms with van der Waals surface area (Å²) < 4.78 is 37.2. The zero-order valence-corrected chi connectivity index (χ0v) is 28.7. The lowest BCUT2D eigenvalue weighted by Gasteiger charge is -2.25. The first-order valence-electron chi connectivity index (χ1n) is 16.2. The van der Waals surface area contributed by atoms with Crippen molar-refractivity contribution < 1.29 is 17.9 Å². The molecule has 5 aromatic rings. The monoisotopic (exact) mass is 668 g/mol. The molecule has 0 spiro atoms. The lowest BCUT2D eigenvalue weighted by Crippen LogP contribution is -2.36. The van der Waals surface area contributed by atoms with Crippen LogP contribution in [0.15, 0.2) is 66.0 Å². The van der Waals surface area contributed by atoms with Gasteiger partial charge in [0.2, 0.25) is 21.9 Å². The number of rotatable bonds is 11. The molecule has 0 radical (unpaired) electrons. The highest BCUT2D eigenvalue weighted by atomic mass is 32.2. The number of carbonyl (C=O) groups is 1. The second kappa shape index (κ2) is 13.8. The van der Waals surface area contributed by atoms with E-state index in [1.807, 2.05) is 56.6 Å². The Bertz CT molecular complexity index is 2060. The standard InChI is InChI=1S/C35H40N8O4S/c1-6-28-21-42(48(45,46)32-9-8-14-37-34(32)47-28)20-26-16-25(11-10-22(26)3)30(17-27(44)15-24-18-38-35(36-5)39-19-24)29-12-13-31-33(23(29)4)40-41-43(31)7-2/h8-14,16,18-19,28,30H,6-7,15,17,20-21H2,1-5H3,(H,36,38,39)/t28-,30+/m1/s1. The maximum Gasteiger partial charge on any atom is 0.248 e. The number of pyridine rings is 1. The number of nitrogens with one attached hydrogen (secondary N) is 1. The van der Waals surface area contributed by atoms with Crippen molar-refractivity contribution in [2.75, 3.05) is 18.9 Å². The Balaban J connectivity index is 1.38. The minimum absolute atomic E-state index is 0.0294. The van der Waals surface area contributed by atoms with E-state index in [1.54, 1.807) is 37.8 Å². The van der Waals surface area contributed by atoms with Crippen LogP contribution >= 0.6 is 0 Å². The van der Waals surface area contributed by atoms with Gasteiger partial charge in [-0.3, -0.25) is 4.79 Å². The Labute approximate surface area is 280 Å². The molecule has 2 aromatic carbocycles. The van der Waals surface area contributed by atoms with Crippen molar-refractivity contribution in [2.45, 2.75) is 77.0 Å². The summed E-state index contributed by atoms with van der Waals surface area (Å²) in [5.74, 6) is 0.334. The van der Waals surface area contributed by atoms with Gasteiger partial charge in [0.15, 0.2) is 0 Å². The molecular weight excluding hydrogens is 629 g/mol. The number of ether oxygens (including phenoxy) is 1. The second-order valence-electron chi connectivity index (χ2n) is 12.1. The van der Waals surface area contributed by atoms with Crippen molar-refractivity contribution in [3.8, 4) is 5.88 Å². The lowest BCUT2D eigenvalue weighted by atomic mass is 9.82. The number of anilines is 1. The average Bonchev–Trinajstić information content (AvgIpc) is 3.48. The van der Waals surface area contributed by atoms with Crippen LogP contribution in [-0.4, -0.2) is 68.1 Å². The molecule has 3 aromatic heterocycles. The van der Waals surface area contributed by atoms with Crippen LogP contribution < -0.4 is 10.1 Å². The Hall–Kier alpha value is -4.75. The first-order valence-corrected chi connectivity index (χ1v) is 17.6. The highest BCUT2D eigenvalue weighted by Gasteiger charge is 2.35. The summed E-state index contributed by atoms with van der Waals surface area (Å²) in [6, 6.07) is 13.3. The summed E-state index contributed by atoms with van der Waals surface area (Å²) in [5, 5.41) is 11.7. The minimum Gasteiger partial charge on any atom is -0.472 e. The molecule has 0 fully saturated rings. The fourth-order valence-corrected chi connectivity index (χ4v) is 7.78. The number of aryl methyl sites for hydroxylation is 3. The third-order valence-corrected chi connectivity index (χ3v) is 10.9. The largest absolute Gasteiger partial charge is 0.472 e. The van der Waals surface area contributed by atoms with Crippen molar-refractivity contribution in [1.82, 2.24) is 34.3 Å². The summed E-state index contributed by atoms with van der Waals surface area (Å²) in [6.07, 6.45) is 5.55. The van der Waals surface area contributed by atoms with Crippen LogP contribution in [0.4, 0.5) is 5.95 Å². The van der Waals surface area contributed by atoms with Gasteiger partial charge >= 0.3 is 0 Å². The molecule has 0 saturated carbocycles. The van der Waals surface area contributed by atoms with Crippen LogP contribution in [0.1, 0.15) is 66.0 Å². The Kier molecular flexibility index (Phi) is 9.51. The summed E-state index contributed by atoms with van der Waals surface area (Å²) in [5.41, 5.74) is 7.09. The minimum atomic E-state index is -3.89. The van der Waals surface area contributed by atoms with Gasteiger partial charge in [0.25, 0.3) is 0 Å². The van der Waals surface area contributed by atoms with Crippen molar-refractivity contribution in [2.24, 2.45) is 0 Å². The van der Waals surface area contributed by atoms with Gasteiger partial charge in [0, 0.05) is 57.5 Å². The molecule has 48 heavy (non-hydrogen) atoms. The number of aromatic nitrogens is 6. The first-order chi connectivity index (χ1) is 23.1. The Morgan fingerprint density at radius 3 is 2.60 bits per heavy atom. The molecule has 0 bridgehead atoms. The van der Waals surface area contributed by atoms with E-state index in [4.69, 9.17) is 4.74 Å². The Morgan fingerprint density at radius 1 is 1.08 bits per heavy atom. The molecule has 0 unspecified atom stereocenters. The number of ketones is 1. The van der Waals surface area contributed by atoms with E-state index >= 15 is 0 Å². The van der Waals surface area contributed by atoms with E-state index < -0.39 is 10.0 Å². The van der Waals surface area contributed by atoms with E-state index in [-0.39, 0.29) is 54.5 Å². The Morgan fingerprint density at radius 2 is 1.88 bits per heavy atom. The summed E-state index contributed by atoms with van der Waals surface area (Å²) in [4.78, 5) is 26.5. The SMILES string of the molecule is CC[C@@H]1CN(Cc2cc([C@H](CC(=O)Cc3cnc(NC)nc3)c3ccc4c(nnn4CC)c3C)ccc2C)S(=O)(=O)c2cccnc2O1. The van der Waals surface area contributed by atoms with Gasteiger partial charge < -0.3 is 10.1 Å². The van der Waals surface area contributed by atoms with E-state index in [0.29, 0.717) is 18.9 Å². The third kappa shape index (κ3) is 6.52. The lowest BCUT2D eigenvalue weighted by molar-refractivity contribution is -0.118. The van der Waals surface area contributed by atoms with E-state index in [0.717, 1.165) is 44.4 Å². The number of hydrogen-bond donors (Lipinski definition) is 1. The van der Waals surface area contributed by atoms with Crippen LogP contribution in [0.2, 0.25) is 0 Å². The fraction of sp³-hybridized carbons (Fsp3) is 0.371. The highest BCUT2D eigenvalue weighted by molar-refractivity contribution is 7.89. The number of benzene rings is 2. The van der Waals surface area contributed by atoms with Crippen LogP contribution in [0.5, 0.6) is 5.88 Å². The zero-order chi connectivity index (χ0) is 34.0. The molecule has 0 amide bonds. The molecule has 4 heterocycles. The van der Waals surface area contributed by atoms with Gasteiger partial charge in [-0.2, -0.15) is 4.31 Å².